The molecule has 3 heterocycles. The van der Waals surface area contributed by atoms with Crippen LogP contribution >= 0.6 is 0 Å². The van der Waals surface area contributed by atoms with Crippen LogP contribution in [0.1, 0.15) is 24.4 Å². The molecule has 0 spiro atoms. The van der Waals surface area contributed by atoms with Crippen LogP contribution in [0.2, 0.25) is 0 Å². The maximum Gasteiger partial charge on any atom is 0.263 e. The smallest absolute Gasteiger partial charge is 0.263 e. The first-order valence-corrected chi connectivity index (χ1v) is 7.18. The minimum Gasteiger partial charge on any atom is -0.335 e. The van der Waals surface area contributed by atoms with Crippen molar-refractivity contribution >= 4 is 17.0 Å². The highest BCUT2D eigenvalue weighted by Crippen LogP contribution is 2.34. The summed E-state index contributed by atoms with van der Waals surface area (Å²) in [6, 6.07) is 6.59. The molecule has 7 heteroatoms. The molecule has 1 aromatic carbocycles. The number of halogens is 1. The Morgan fingerprint density at radius 3 is 3.14 bits per heavy atom. The molecule has 0 aliphatic carbocycles. The van der Waals surface area contributed by atoms with Crippen molar-refractivity contribution in [3.8, 4) is 0 Å². The minimum absolute atomic E-state index is 0.0132. The van der Waals surface area contributed by atoms with E-state index in [1.807, 2.05) is 11.0 Å². The van der Waals surface area contributed by atoms with E-state index in [1.54, 1.807) is 6.07 Å². The standard InChI is InChI=1S/C15H14FN5O/c16-10-4-1-3-9(7-10)12-5-2-6-21(12)15-18-13-11(8-17-20-13)14(22)19-15/h1,3-4,7-8,12H,2,5-6H2,(H2,17,18,19,20,22). The summed E-state index contributed by atoms with van der Waals surface area (Å²) in [4.78, 5) is 21.3. The highest BCUT2D eigenvalue weighted by molar-refractivity contribution is 5.73. The fraction of sp³-hybridized carbons (Fsp3) is 0.267. The number of H-pyrrole nitrogens is 2. The lowest BCUT2D eigenvalue weighted by molar-refractivity contribution is 0.617. The predicted molar refractivity (Wildman–Crippen MR) is 80.2 cm³/mol. The van der Waals surface area contributed by atoms with Gasteiger partial charge in [-0.2, -0.15) is 10.1 Å². The lowest BCUT2D eigenvalue weighted by Gasteiger charge is -2.25. The molecule has 112 valence electrons. The van der Waals surface area contributed by atoms with Crippen LogP contribution in [-0.2, 0) is 0 Å². The SMILES string of the molecule is O=c1[nH]c(N2CCCC2c2cccc(F)c2)nc2[nH]ncc12. The monoisotopic (exact) mass is 299 g/mol. The fourth-order valence-corrected chi connectivity index (χ4v) is 3.05. The van der Waals surface area contributed by atoms with Gasteiger partial charge in [0.15, 0.2) is 5.65 Å². The van der Waals surface area contributed by atoms with Crippen molar-refractivity contribution in [3.05, 3.63) is 52.2 Å². The molecule has 2 aromatic heterocycles. The quantitative estimate of drug-likeness (QED) is 0.760. The average molecular weight is 299 g/mol. The number of aromatic amines is 2. The van der Waals surface area contributed by atoms with E-state index in [4.69, 9.17) is 0 Å². The summed E-state index contributed by atoms with van der Waals surface area (Å²) in [7, 11) is 0. The molecule has 0 amide bonds. The van der Waals surface area contributed by atoms with Gasteiger partial charge in [-0.25, -0.2) is 4.39 Å². The Morgan fingerprint density at radius 1 is 1.36 bits per heavy atom. The zero-order valence-corrected chi connectivity index (χ0v) is 11.7. The van der Waals surface area contributed by atoms with E-state index >= 15 is 0 Å². The van der Waals surface area contributed by atoms with Crippen LogP contribution < -0.4 is 10.5 Å². The summed E-state index contributed by atoms with van der Waals surface area (Å²) in [5.41, 5.74) is 1.13. The van der Waals surface area contributed by atoms with Gasteiger partial charge in [0, 0.05) is 6.54 Å². The molecule has 1 aliphatic heterocycles. The van der Waals surface area contributed by atoms with Crippen molar-refractivity contribution in [3.63, 3.8) is 0 Å². The Balaban J connectivity index is 1.77. The number of nitrogens with one attached hydrogen (secondary N) is 2. The number of hydrogen-bond acceptors (Lipinski definition) is 4. The highest BCUT2D eigenvalue weighted by atomic mass is 19.1. The normalized spacial score (nSPS) is 18.2. The lowest BCUT2D eigenvalue weighted by atomic mass is 10.0. The van der Waals surface area contributed by atoms with E-state index in [2.05, 4.69) is 20.2 Å². The number of hydrogen-bond donors (Lipinski definition) is 2. The van der Waals surface area contributed by atoms with Gasteiger partial charge in [0.2, 0.25) is 5.95 Å². The Morgan fingerprint density at radius 2 is 2.27 bits per heavy atom. The molecule has 4 rings (SSSR count). The third kappa shape index (κ3) is 2.05. The molecule has 1 fully saturated rings. The summed E-state index contributed by atoms with van der Waals surface area (Å²) in [5.74, 6) is 0.239. The van der Waals surface area contributed by atoms with Gasteiger partial charge in [-0.15, -0.1) is 0 Å². The number of aromatic nitrogens is 4. The molecule has 0 radical (unpaired) electrons. The first-order chi connectivity index (χ1) is 10.7. The first-order valence-electron chi connectivity index (χ1n) is 7.18. The molecule has 22 heavy (non-hydrogen) atoms. The van der Waals surface area contributed by atoms with Gasteiger partial charge in [0.25, 0.3) is 5.56 Å². The van der Waals surface area contributed by atoms with Crippen LogP contribution in [0.15, 0.2) is 35.3 Å². The highest BCUT2D eigenvalue weighted by Gasteiger charge is 2.28. The Labute approximate surface area is 125 Å². The Hall–Kier alpha value is -2.70. The number of rotatable bonds is 2. The van der Waals surface area contributed by atoms with Crippen LogP contribution in [0.3, 0.4) is 0 Å². The van der Waals surface area contributed by atoms with Crippen molar-refractivity contribution < 1.29 is 4.39 Å². The summed E-state index contributed by atoms with van der Waals surface area (Å²) < 4.78 is 13.5. The number of anilines is 1. The molecular formula is C15H14FN5O. The lowest BCUT2D eigenvalue weighted by Crippen LogP contribution is -2.27. The van der Waals surface area contributed by atoms with Gasteiger partial charge in [0.05, 0.1) is 12.2 Å². The zero-order valence-electron chi connectivity index (χ0n) is 11.7. The molecule has 1 atom stereocenters. The fourth-order valence-electron chi connectivity index (χ4n) is 3.05. The van der Waals surface area contributed by atoms with Crippen molar-refractivity contribution in [2.75, 3.05) is 11.4 Å². The second-order valence-electron chi connectivity index (χ2n) is 5.43. The maximum absolute atomic E-state index is 13.5. The molecule has 2 N–H and O–H groups in total. The second kappa shape index (κ2) is 4.94. The van der Waals surface area contributed by atoms with Crippen LogP contribution in [0.4, 0.5) is 10.3 Å². The average Bonchev–Trinajstić information content (AvgIpc) is 3.16. The third-order valence-electron chi connectivity index (χ3n) is 4.07. The zero-order chi connectivity index (χ0) is 15.1. The van der Waals surface area contributed by atoms with Crippen LogP contribution in [-0.4, -0.2) is 26.7 Å². The Bertz CT molecular complexity index is 887. The van der Waals surface area contributed by atoms with Crippen molar-refractivity contribution in [1.82, 2.24) is 20.2 Å². The first kappa shape index (κ1) is 13.0. The van der Waals surface area contributed by atoms with E-state index in [-0.39, 0.29) is 17.4 Å². The van der Waals surface area contributed by atoms with Gasteiger partial charge in [-0.05, 0) is 30.5 Å². The van der Waals surface area contributed by atoms with Gasteiger partial charge in [-0.1, -0.05) is 12.1 Å². The van der Waals surface area contributed by atoms with E-state index in [0.29, 0.717) is 17.0 Å². The van der Waals surface area contributed by atoms with Gasteiger partial charge in [-0.3, -0.25) is 14.9 Å². The van der Waals surface area contributed by atoms with Crippen molar-refractivity contribution in [2.24, 2.45) is 0 Å². The topological polar surface area (TPSA) is 77.7 Å². The summed E-state index contributed by atoms with van der Waals surface area (Å²) in [5, 5.41) is 7.00. The summed E-state index contributed by atoms with van der Waals surface area (Å²) in [6.45, 7) is 0.768. The van der Waals surface area contributed by atoms with Gasteiger partial charge >= 0.3 is 0 Å². The van der Waals surface area contributed by atoms with E-state index in [0.717, 1.165) is 24.9 Å². The molecule has 0 bridgehead atoms. The predicted octanol–water partition coefficient (Wildman–Crippen LogP) is 2.13. The largest absolute Gasteiger partial charge is 0.335 e. The number of fused-ring (bicyclic) bond motifs is 1. The van der Waals surface area contributed by atoms with E-state index in [9.17, 15) is 9.18 Å². The molecule has 1 aliphatic rings. The van der Waals surface area contributed by atoms with E-state index < -0.39 is 0 Å². The summed E-state index contributed by atoms with van der Waals surface area (Å²) >= 11 is 0. The molecular weight excluding hydrogens is 285 g/mol. The third-order valence-corrected chi connectivity index (χ3v) is 4.07. The van der Waals surface area contributed by atoms with Gasteiger partial charge in [0.1, 0.15) is 11.2 Å². The molecule has 6 nitrogen and oxygen atoms in total. The number of nitrogens with zero attached hydrogens (tertiary/aromatic N) is 3. The Kier molecular flexibility index (Phi) is 2.92. The molecule has 3 aromatic rings. The van der Waals surface area contributed by atoms with Crippen LogP contribution in [0, 0.1) is 5.82 Å². The van der Waals surface area contributed by atoms with E-state index in [1.165, 1.54) is 18.3 Å². The molecule has 0 saturated carbocycles. The number of benzene rings is 1. The molecule has 1 saturated heterocycles. The molecule has 1 unspecified atom stereocenters. The second-order valence-corrected chi connectivity index (χ2v) is 5.43. The van der Waals surface area contributed by atoms with Gasteiger partial charge < -0.3 is 4.90 Å². The van der Waals surface area contributed by atoms with Crippen LogP contribution in [0.5, 0.6) is 0 Å². The van der Waals surface area contributed by atoms with Crippen molar-refractivity contribution in [1.29, 1.82) is 0 Å². The van der Waals surface area contributed by atoms with Crippen molar-refractivity contribution in [2.45, 2.75) is 18.9 Å². The minimum atomic E-state index is -0.255. The van der Waals surface area contributed by atoms with Crippen LogP contribution in [0.25, 0.3) is 11.0 Å². The maximum atomic E-state index is 13.5. The summed E-state index contributed by atoms with van der Waals surface area (Å²) in [6.07, 6.45) is 3.32.